The van der Waals surface area contributed by atoms with E-state index < -0.39 is 11.6 Å². The van der Waals surface area contributed by atoms with E-state index in [1.807, 2.05) is 0 Å². The minimum atomic E-state index is -0.591. The van der Waals surface area contributed by atoms with Crippen LogP contribution in [0.5, 0.6) is 0 Å². The molecule has 0 unspecified atom stereocenters. The van der Waals surface area contributed by atoms with Crippen molar-refractivity contribution < 1.29 is 13.6 Å². The van der Waals surface area contributed by atoms with Gasteiger partial charge in [0, 0.05) is 37.4 Å². The van der Waals surface area contributed by atoms with Crippen molar-refractivity contribution in [1.29, 1.82) is 0 Å². The minimum Gasteiger partial charge on any atom is -0.355 e. The summed E-state index contributed by atoms with van der Waals surface area (Å²) in [5.41, 5.74) is 0.0158. The first-order valence-electron chi connectivity index (χ1n) is 7.31. The standard InChI is InChI=1S/C15H16F2N4OS/c1-21-12(19-20-15(21)23)5-6-18-14(22)9-7-8(9)13-10(16)3-2-4-11(13)17/h2-4,8-9H,5-7H2,1H3,(H,18,22)(H,20,23)/t8-,9+/m1/s1. The second kappa shape index (κ2) is 6.19. The molecule has 23 heavy (non-hydrogen) atoms. The number of carbonyl (C=O) groups excluding carboxylic acids is 1. The van der Waals surface area contributed by atoms with E-state index in [0.29, 0.717) is 24.2 Å². The molecule has 5 nitrogen and oxygen atoms in total. The lowest BCUT2D eigenvalue weighted by atomic mass is 10.1. The third-order valence-corrected chi connectivity index (χ3v) is 4.48. The summed E-state index contributed by atoms with van der Waals surface area (Å²) >= 11 is 5.01. The van der Waals surface area contributed by atoms with Gasteiger partial charge in [0.1, 0.15) is 17.5 Å². The Hall–Kier alpha value is -2.09. The summed E-state index contributed by atoms with van der Waals surface area (Å²) in [5, 5.41) is 9.51. The summed E-state index contributed by atoms with van der Waals surface area (Å²) in [6.45, 7) is 0.398. The second-order valence-electron chi connectivity index (χ2n) is 5.63. The van der Waals surface area contributed by atoms with Crippen LogP contribution in [-0.4, -0.2) is 27.2 Å². The number of amides is 1. The fraction of sp³-hybridized carbons (Fsp3) is 0.400. The van der Waals surface area contributed by atoms with Gasteiger partial charge >= 0.3 is 0 Å². The predicted octanol–water partition coefficient (Wildman–Crippen LogP) is 2.22. The topological polar surface area (TPSA) is 62.7 Å². The summed E-state index contributed by atoms with van der Waals surface area (Å²) < 4.78 is 29.7. The van der Waals surface area contributed by atoms with Gasteiger partial charge in [-0.3, -0.25) is 9.89 Å². The Balaban J connectivity index is 1.55. The van der Waals surface area contributed by atoms with Crippen LogP contribution in [0.3, 0.4) is 0 Å². The molecule has 1 heterocycles. The predicted molar refractivity (Wildman–Crippen MR) is 82.3 cm³/mol. The van der Waals surface area contributed by atoms with Crippen molar-refractivity contribution in [3.05, 3.63) is 46.0 Å². The first-order chi connectivity index (χ1) is 11.0. The number of rotatable bonds is 5. The van der Waals surface area contributed by atoms with Crippen molar-refractivity contribution in [2.75, 3.05) is 6.54 Å². The van der Waals surface area contributed by atoms with Crippen LogP contribution in [0.25, 0.3) is 0 Å². The van der Waals surface area contributed by atoms with Crippen LogP contribution < -0.4 is 5.32 Å². The zero-order chi connectivity index (χ0) is 16.6. The smallest absolute Gasteiger partial charge is 0.223 e. The quantitative estimate of drug-likeness (QED) is 0.822. The van der Waals surface area contributed by atoms with Crippen molar-refractivity contribution in [3.63, 3.8) is 0 Å². The molecule has 2 atom stereocenters. The highest BCUT2D eigenvalue weighted by Crippen LogP contribution is 2.49. The summed E-state index contributed by atoms with van der Waals surface area (Å²) in [6.07, 6.45) is 0.997. The molecule has 1 fully saturated rings. The largest absolute Gasteiger partial charge is 0.355 e. The molecule has 8 heteroatoms. The molecule has 2 aromatic rings. The Kier molecular flexibility index (Phi) is 4.25. The Morgan fingerprint density at radius 2 is 2.17 bits per heavy atom. The van der Waals surface area contributed by atoms with Gasteiger partial charge in [-0.15, -0.1) is 0 Å². The van der Waals surface area contributed by atoms with Gasteiger partial charge in [-0.2, -0.15) is 5.10 Å². The fourth-order valence-electron chi connectivity index (χ4n) is 2.70. The molecule has 2 N–H and O–H groups in total. The maximum atomic E-state index is 13.7. The number of aromatic amines is 1. The molecule has 0 bridgehead atoms. The van der Waals surface area contributed by atoms with Crippen molar-refractivity contribution in [1.82, 2.24) is 20.1 Å². The summed E-state index contributed by atoms with van der Waals surface area (Å²) in [6, 6.07) is 3.76. The van der Waals surface area contributed by atoms with E-state index in [-0.39, 0.29) is 23.3 Å². The average Bonchev–Trinajstić information content (AvgIpc) is 3.23. The first-order valence-corrected chi connectivity index (χ1v) is 7.71. The van der Waals surface area contributed by atoms with E-state index in [0.717, 1.165) is 5.82 Å². The van der Waals surface area contributed by atoms with E-state index in [2.05, 4.69) is 15.5 Å². The lowest BCUT2D eigenvalue weighted by molar-refractivity contribution is -0.122. The third-order valence-electron chi connectivity index (χ3n) is 4.12. The summed E-state index contributed by atoms with van der Waals surface area (Å²) in [7, 11) is 1.79. The van der Waals surface area contributed by atoms with Crippen LogP contribution in [0.2, 0.25) is 0 Å². The zero-order valence-electron chi connectivity index (χ0n) is 12.5. The summed E-state index contributed by atoms with van der Waals surface area (Å²) in [5.74, 6) is -1.38. The summed E-state index contributed by atoms with van der Waals surface area (Å²) in [4.78, 5) is 12.1. The van der Waals surface area contributed by atoms with Gasteiger partial charge in [0.25, 0.3) is 0 Å². The number of benzene rings is 1. The Labute approximate surface area is 136 Å². The molecule has 0 aliphatic heterocycles. The molecule has 122 valence electrons. The number of carbonyl (C=O) groups is 1. The van der Waals surface area contributed by atoms with Crippen LogP contribution in [0.1, 0.15) is 23.7 Å². The van der Waals surface area contributed by atoms with Gasteiger partial charge in [-0.1, -0.05) is 6.07 Å². The van der Waals surface area contributed by atoms with Crippen LogP contribution in [-0.2, 0) is 18.3 Å². The number of nitrogens with one attached hydrogen (secondary N) is 2. The Morgan fingerprint density at radius 3 is 2.78 bits per heavy atom. The molecule has 1 aromatic carbocycles. The monoisotopic (exact) mass is 338 g/mol. The molecule has 3 rings (SSSR count). The van der Waals surface area contributed by atoms with E-state index in [9.17, 15) is 13.6 Å². The van der Waals surface area contributed by atoms with Crippen LogP contribution in [0.4, 0.5) is 8.78 Å². The van der Waals surface area contributed by atoms with E-state index in [1.54, 1.807) is 11.6 Å². The van der Waals surface area contributed by atoms with Crippen molar-refractivity contribution in [2.45, 2.75) is 18.8 Å². The normalized spacial score (nSPS) is 19.6. The van der Waals surface area contributed by atoms with Gasteiger partial charge in [0.2, 0.25) is 5.91 Å². The van der Waals surface area contributed by atoms with E-state index in [4.69, 9.17) is 12.2 Å². The van der Waals surface area contributed by atoms with Crippen molar-refractivity contribution >= 4 is 18.1 Å². The van der Waals surface area contributed by atoms with Gasteiger partial charge in [-0.25, -0.2) is 8.78 Å². The Morgan fingerprint density at radius 1 is 1.48 bits per heavy atom. The highest BCUT2D eigenvalue weighted by molar-refractivity contribution is 7.71. The van der Waals surface area contributed by atoms with Gasteiger partial charge < -0.3 is 9.88 Å². The molecule has 0 radical (unpaired) electrons. The molecule has 0 spiro atoms. The second-order valence-corrected chi connectivity index (χ2v) is 6.02. The van der Waals surface area contributed by atoms with Crippen molar-refractivity contribution in [3.8, 4) is 0 Å². The molecule has 1 aliphatic rings. The number of nitrogens with zero attached hydrogens (tertiary/aromatic N) is 2. The number of aromatic nitrogens is 3. The van der Waals surface area contributed by atoms with Crippen LogP contribution >= 0.6 is 12.2 Å². The number of H-pyrrole nitrogens is 1. The molecule has 1 saturated carbocycles. The maximum Gasteiger partial charge on any atom is 0.223 e. The lowest BCUT2D eigenvalue weighted by Gasteiger charge is -2.06. The van der Waals surface area contributed by atoms with Gasteiger partial charge in [-0.05, 0) is 30.8 Å². The SMILES string of the molecule is Cn1c(CCNC(=O)[C@H]2C[C@H]2c2c(F)cccc2F)n[nH]c1=S. The number of halogens is 2. The van der Waals surface area contributed by atoms with Crippen LogP contribution in [0, 0.1) is 22.3 Å². The Bertz CT molecular complexity index is 781. The molecule has 0 saturated heterocycles. The fourth-order valence-corrected chi connectivity index (χ4v) is 2.85. The number of hydrogen-bond donors (Lipinski definition) is 2. The number of hydrogen-bond acceptors (Lipinski definition) is 3. The van der Waals surface area contributed by atoms with Gasteiger partial charge in [0.15, 0.2) is 4.77 Å². The molecule has 1 aromatic heterocycles. The van der Waals surface area contributed by atoms with Crippen LogP contribution in [0.15, 0.2) is 18.2 Å². The van der Waals surface area contributed by atoms with E-state index in [1.165, 1.54) is 18.2 Å². The third kappa shape index (κ3) is 3.17. The zero-order valence-corrected chi connectivity index (χ0v) is 13.3. The van der Waals surface area contributed by atoms with Gasteiger partial charge in [0.05, 0.1) is 0 Å². The van der Waals surface area contributed by atoms with Crippen molar-refractivity contribution in [2.24, 2.45) is 13.0 Å². The van der Waals surface area contributed by atoms with E-state index >= 15 is 0 Å². The molecule has 1 aliphatic carbocycles. The molecule has 1 amide bonds. The minimum absolute atomic E-state index is 0.0158. The maximum absolute atomic E-state index is 13.7. The first kappa shape index (κ1) is 15.8. The lowest BCUT2D eigenvalue weighted by Crippen LogP contribution is -2.28. The average molecular weight is 338 g/mol. The highest BCUT2D eigenvalue weighted by atomic mass is 32.1. The molecular weight excluding hydrogens is 322 g/mol. The molecular formula is C15H16F2N4OS. The highest BCUT2D eigenvalue weighted by Gasteiger charge is 2.46.